The first-order chi connectivity index (χ1) is 8.68. The number of hydrogen-bond acceptors (Lipinski definition) is 3. The summed E-state index contributed by atoms with van der Waals surface area (Å²) in [4.78, 5) is 7.14. The number of rotatable bonds is 4. The van der Waals surface area contributed by atoms with Crippen molar-refractivity contribution in [3.63, 3.8) is 0 Å². The topological polar surface area (TPSA) is 81.9 Å². The van der Waals surface area contributed by atoms with Crippen LogP contribution < -0.4 is 0 Å². The van der Waals surface area contributed by atoms with Crippen LogP contribution in [0.1, 0.15) is 44.0 Å². The largest absolute Gasteiger partial charge is 0.384 e. The number of pyridine rings is 1. The molecule has 0 spiro atoms. The average Bonchev–Trinajstić information content (AvgIpc) is 2.80. The zero-order chi connectivity index (χ0) is 13.0. The molecule has 0 amide bonds. The van der Waals surface area contributed by atoms with Gasteiger partial charge >= 0.3 is 0 Å². The van der Waals surface area contributed by atoms with Crippen LogP contribution in [0.3, 0.4) is 0 Å². The zero-order valence-electron chi connectivity index (χ0n) is 10.6. The third kappa shape index (κ3) is 2.63. The Labute approximate surface area is 106 Å². The van der Waals surface area contributed by atoms with Crippen molar-refractivity contribution < 1.29 is 5.11 Å². The Morgan fingerprint density at radius 2 is 2.44 bits per heavy atom. The van der Waals surface area contributed by atoms with E-state index in [4.69, 9.17) is 5.53 Å². The predicted octanol–water partition coefficient (Wildman–Crippen LogP) is 3.29. The smallest absolute Gasteiger partial charge is 0.107 e. The van der Waals surface area contributed by atoms with E-state index in [2.05, 4.69) is 21.9 Å². The first kappa shape index (κ1) is 12.9. The van der Waals surface area contributed by atoms with Crippen LogP contribution in [0, 0.1) is 5.92 Å². The molecule has 1 N–H and O–H groups in total. The van der Waals surface area contributed by atoms with Crippen LogP contribution in [0.2, 0.25) is 0 Å². The lowest BCUT2D eigenvalue weighted by molar-refractivity contribution is 0.0351. The monoisotopic (exact) mass is 246 g/mol. The summed E-state index contributed by atoms with van der Waals surface area (Å²) in [6.45, 7) is 2.39. The standard InChI is InChI=1S/C13H18N4O/c1-2-10-6-7-13(18,8-10)12-5-3-4-11(16-12)9-15-17-14/h3-5,10,18H,2,6-9H2,1H3. The molecule has 5 heteroatoms. The van der Waals surface area contributed by atoms with E-state index < -0.39 is 5.60 Å². The van der Waals surface area contributed by atoms with Gasteiger partial charge in [0.25, 0.3) is 0 Å². The molecule has 0 radical (unpaired) electrons. The lowest BCUT2D eigenvalue weighted by Gasteiger charge is -2.22. The summed E-state index contributed by atoms with van der Waals surface area (Å²) in [5, 5.41) is 14.1. The van der Waals surface area contributed by atoms with Crippen LogP contribution in [-0.4, -0.2) is 10.1 Å². The second kappa shape index (κ2) is 5.38. The Balaban J connectivity index is 2.20. The van der Waals surface area contributed by atoms with Gasteiger partial charge in [-0.05, 0) is 42.8 Å². The Morgan fingerprint density at radius 1 is 1.61 bits per heavy atom. The number of aliphatic hydroxyl groups is 1. The molecule has 2 rings (SSSR count). The highest BCUT2D eigenvalue weighted by Crippen LogP contribution is 2.42. The lowest BCUT2D eigenvalue weighted by atomic mass is 9.94. The van der Waals surface area contributed by atoms with Crippen molar-refractivity contribution in [2.75, 3.05) is 0 Å². The highest BCUT2D eigenvalue weighted by molar-refractivity contribution is 5.19. The molecule has 1 fully saturated rings. The molecule has 5 nitrogen and oxygen atoms in total. The van der Waals surface area contributed by atoms with E-state index in [1.807, 2.05) is 18.2 Å². The quantitative estimate of drug-likeness (QED) is 0.502. The van der Waals surface area contributed by atoms with Gasteiger partial charge in [0.15, 0.2) is 0 Å². The summed E-state index contributed by atoms with van der Waals surface area (Å²) in [6.07, 6.45) is 3.70. The molecule has 0 saturated heterocycles. The molecule has 1 saturated carbocycles. The predicted molar refractivity (Wildman–Crippen MR) is 68.6 cm³/mol. The molecular weight excluding hydrogens is 228 g/mol. The fraction of sp³-hybridized carbons (Fsp3) is 0.615. The maximum atomic E-state index is 10.6. The van der Waals surface area contributed by atoms with Gasteiger partial charge in [-0.15, -0.1) is 0 Å². The van der Waals surface area contributed by atoms with E-state index in [9.17, 15) is 5.11 Å². The molecule has 1 aromatic rings. The Hall–Kier alpha value is -1.58. The first-order valence-electron chi connectivity index (χ1n) is 6.37. The van der Waals surface area contributed by atoms with Gasteiger partial charge in [-0.1, -0.05) is 24.5 Å². The van der Waals surface area contributed by atoms with Crippen molar-refractivity contribution in [1.29, 1.82) is 0 Å². The molecule has 0 aromatic carbocycles. The van der Waals surface area contributed by atoms with Crippen LogP contribution in [-0.2, 0) is 12.1 Å². The van der Waals surface area contributed by atoms with Gasteiger partial charge in [0.1, 0.15) is 5.60 Å². The van der Waals surface area contributed by atoms with Crippen molar-refractivity contribution in [1.82, 2.24) is 4.98 Å². The van der Waals surface area contributed by atoms with Gasteiger partial charge in [0.05, 0.1) is 12.2 Å². The molecule has 2 unspecified atom stereocenters. The summed E-state index contributed by atoms with van der Waals surface area (Å²) in [5.74, 6) is 0.581. The molecule has 1 aliphatic carbocycles. The van der Waals surface area contributed by atoms with Crippen molar-refractivity contribution in [3.8, 4) is 0 Å². The minimum atomic E-state index is -0.799. The highest BCUT2D eigenvalue weighted by Gasteiger charge is 2.39. The summed E-state index contributed by atoms with van der Waals surface area (Å²) < 4.78 is 0. The Bertz CT molecular complexity index is 470. The van der Waals surface area contributed by atoms with Gasteiger partial charge in [-0.2, -0.15) is 0 Å². The summed E-state index contributed by atoms with van der Waals surface area (Å²) in [5.41, 5.74) is 8.93. The second-order valence-electron chi connectivity index (χ2n) is 4.95. The normalized spacial score (nSPS) is 26.9. The van der Waals surface area contributed by atoms with Crippen LogP contribution in [0.15, 0.2) is 23.3 Å². The van der Waals surface area contributed by atoms with Crippen LogP contribution >= 0.6 is 0 Å². The summed E-state index contributed by atoms with van der Waals surface area (Å²) in [6, 6.07) is 5.53. The minimum absolute atomic E-state index is 0.234. The number of aromatic nitrogens is 1. The maximum absolute atomic E-state index is 10.6. The molecule has 1 aromatic heterocycles. The minimum Gasteiger partial charge on any atom is -0.384 e. The molecule has 0 bridgehead atoms. The third-order valence-corrected chi connectivity index (χ3v) is 3.75. The van der Waals surface area contributed by atoms with E-state index in [1.54, 1.807) is 0 Å². The summed E-state index contributed by atoms with van der Waals surface area (Å²) in [7, 11) is 0. The number of nitrogens with zero attached hydrogens (tertiary/aromatic N) is 4. The van der Waals surface area contributed by atoms with E-state index in [-0.39, 0.29) is 6.54 Å². The molecule has 0 aliphatic heterocycles. The highest BCUT2D eigenvalue weighted by atomic mass is 16.3. The third-order valence-electron chi connectivity index (χ3n) is 3.75. The SMILES string of the molecule is CCC1CCC(O)(c2cccc(CN=[N+]=[N-])n2)C1. The molecule has 2 atom stereocenters. The van der Waals surface area contributed by atoms with Gasteiger partial charge in [0, 0.05) is 10.6 Å². The average molecular weight is 246 g/mol. The van der Waals surface area contributed by atoms with E-state index >= 15 is 0 Å². The molecule has 1 aliphatic rings. The van der Waals surface area contributed by atoms with E-state index in [0.717, 1.165) is 25.7 Å². The van der Waals surface area contributed by atoms with E-state index in [0.29, 0.717) is 17.3 Å². The molecular formula is C13H18N4O. The Morgan fingerprint density at radius 3 is 3.11 bits per heavy atom. The molecule has 18 heavy (non-hydrogen) atoms. The van der Waals surface area contributed by atoms with Crippen LogP contribution in [0.5, 0.6) is 0 Å². The van der Waals surface area contributed by atoms with Crippen molar-refractivity contribution in [3.05, 3.63) is 40.0 Å². The fourth-order valence-electron chi connectivity index (χ4n) is 2.64. The van der Waals surface area contributed by atoms with Gasteiger partial charge < -0.3 is 5.11 Å². The van der Waals surface area contributed by atoms with Gasteiger partial charge in [-0.25, -0.2) is 0 Å². The van der Waals surface area contributed by atoms with Gasteiger partial charge in [0.2, 0.25) is 0 Å². The lowest BCUT2D eigenvalue weighted by Crippen LogP contribution is -2.23. The summed E-state index contributed by atoms with van der Waals surface area (Å²) >= 11 is 0. The number of hydrogen-bond donors (Lipinski definition) is 1. The second-order valence-corrected chi connectivity index (χ2v) is 4.95. The number of azide groups is 1. The Kier molecular flexibility index (Phi) is 3.84. The molecule has 96 valence electrons. The maximum Gasteiger partial charge on any atom is 0.107 e. The van der Waals surface area contributed by atoms with E-state index in [1.165, 1.54) is 0 Å². The zero-order valence-corrected chi connectivity index (χ0v) is 10.6. The van der Waals surface area contributed by atoms with Crippen molar-refractivity contribution in [2.24, 2.45) is 11.0 Å². The van der Waals surface area contributed by atoms with Crippen molar-refractivity contribution in [2.45, 2.75) is 44.8 Å². The van der Waals surface area contributed by atoms with Crippen LogP contribution in [0.4, 0.5) is 0 Å². The first-order valence-corrected chi connectivity index (χ1v) is 6.37. The fourth-order valence-corrected chi connectivity index (χ4v) is 2.64. The van der Waals surface area contributed by atoms with Crippen molar-refractivity contribution >= 4 is 0 Å². The molecule has 1 heterocycles. The van der Waals surface area contributed by atoms with Crippen LogP contribution in [0.25, 0.3) is 10.4 Å². The van der Waals surface area contributed by atoms with Gasteiger partial charge in [-0.3, -0.25) is 4.98 Å².